The number of anilines is 1. The zero-order valence-corrected chi connectivity index (χ0v) is 12.2. The highest BCUT2D eigenvalue weighted by Crippen LogP contribution is 2.09. The predicted molar refractivity (Wildman–Crippen MR) is 79.8 cm³/mol. The van der Waals surface area contributed by atoms with Crippen LogP contribution in [0.5, 0.6) is 0 Å². The summed E-state index contributed by atoms with van der Waals surface area (Å²) in [4.78, 5) is 13.8. The number of ether oxygens (including phenoxy) is 1. The number of hydrogen-bond donors (Lipinski definition) is 2. The van der Waals surface area contributed by atoms with Gasteiger partial charge in [-0.05, 0) is 17.7 Å². The topological polar surface area (TPSA) is 85.6 Å². The largest absolute Gasteiger partial charge is 0.395 e. The Morgan fingerprint density at radius 2 is 2.10 bits per heavy atom. The summed E-state index contributed by atoms with van der Waals surface area (Å²) in [6.45, 7) is 1.73. The van der Waals surface area contributed by atoms with Crippen molar-refractivity contribution in [1.29, 1.82) is 5.26 Å². The summed E-state index contributed by atoms with van der Waals surface area (Å²) >= 11 is 0. The first-order chi connectivity index (χ1) is 10.2. The molecular formula is C15H21N3O3. The van der Waals surface area contributed by atoms with Crippen LogP contribution in [-0.4, -0.2) is 55.9 Å². The quantitative estimate of drug-likeness (QED) is 0.697. The summed E-state index contributed by atoms with van der Waals surface area (Å²) in [5.41, 5.74) is 1.61. The van der Waals surface area contributed by atoms with E-state index in [1.807, 2.05) is 17.0 Å². The molecule has 0 radical (unpaired) electrons. The second-order valence-corrected chi connectivity index (χ2v) is 4.57. The van der Waals surface area contributed by atoms with Crippen LogP contribution in [0.3, 0.4) is 0 Å². The zero-order chi connectivity index (χ0) is 15.5. The zero-order valence-electron chi connectivity index (χ0n) is 12.2. The summed E-state index contributed by atoms with van der Waals surface area (Å²) in [5.74, 6) is -0.146. The Bertz CT molecular complexity index is 468. The number of aliphatic hydroxyl groups excluding tert-OH is 1. The third-order valence-corrected chi connectivity index (χ3v) is 2.92. The predicted octanol–water partition coefficient (Wildman–Crippen LogP) is 0.632. The van der Waals surface area contributed by atoms with E-state index in [0.717, 1.165) is 5.56 Å². The molecular weight excluding hydrogens is 270 g/mol. The van der Waals surface area contributed by atoms with Crippen LogP contribution < -0.4 is 5.32 Å². The number of amides is 1. The van der Waals surface area contributed by atoms with Gasteiger partial charge < -0.3 is 15.2 Å². The maximum Gasteiger partial charge on any atom is 0.238 e. The first kappa shape index (κ1) is 17.1. The number of methoxy groups -OCH3 is 1. The minimum Gasteiger partial charge on any atom is -0.395 e. The molecule has 0 heterocycles. The summed E-state index contributed by atoms with van der Waals surface area (Å²) in [7, 11) is 1.60. The molecule has 0 saturated heterocycles. The van der Waals surface area contributed by atoms with Crippen LogP contribution in [-0.2, 0) is 16.0 Å². The van der Waals surface area contributed by atoms with Crippen molar-refractivity contribution in [2.24, 2.45) is 0 Å². The maximum atomic E-state index is 11.9. The van der Waals surface area contributed by atoms with E-state index >= 15 is 0 Å². The fraction of sp³-hybridized carbons (Fsp3) is 0.467. The second-order valence-electron chi connectivity index (χ2n) is 4.57. The van der Waals surface area contributed by atoms with Crippen LogP contribution in [0.4, 0.5) is 5.69 Å². The molecule has 1 rings (SSSR count). The van der Waals surface area contributed by atoms with Crippen molar-refractivity contribution in [3.63, 3.8) is 0 Å². The van der Waals surface area contributed by atoms with E-state index in [-0.39, 0.29) is 19.1 Å². The van der Waals surface area contributed by atoms with Crippen LogP contribution in [0.2, 0.25) is 0 Å². The Morgan fingerprint density at radius 1 is 1.38 bits per heavy atom. The molecule has 0 aliphatic rings. The van der Waals surface area contributed by atoms with Crippen molar-refractivity contribution in [3.8, 4) is 6.07 Å². The Balaban J connectivity index is 2.49. The van der Waals surface area contributed by atoms with E-state index in [4.69, 9.17) is 15.1 Å². The molecule has 1 amide bonds. The van der Waals surface area contributed by atoms with Crippen LogP contribution >= 0.6 is 0 Å². The van der Waals surface area contributed by atoms with Crippen LogP contribution in [0.25, 0.3) is 0 Å². The normalized spacial score (nSPS) is 10.4. The lowest BCUT2D eigenvalue weighted by atomic mass is 10.1. The van der Waals surface area contributed by atoms with Crippen LogP contribution in [0, 0.1) is 11.3 Å². The number of nitrogens with zero attached hydrogens (tertiary/aromatic N) is 2. The fourth-order valence-electron chi connectivity index (χ4n) is 1.83. The lowest BCUT2D eigenvalue weighted by molar-refractivity contribution is -0.117. The third-order valence-electron chi connectivity index (χ3n) is 2.92. The molecule has 0 saturated carbocycles. The molecule has 0 aromatic heterocycles. The standard InChI is InChI=1S/C15H21N3O3/c1-21-11-9-18(8-10-19)12-15(20)17-14-4-2-13(3-5-14)6-7-16/h2-5,19H,6,8-12H2,1H3,(H,17,20). The van der Waals surface area contributed by atoms with Crippen molar-refractivity contribution in [2.45, 2.75) is 6.42 Å². The van der Waals surface area contributed by atoms with E-state index in [9.17, 15) is 4.79 Å². The van der Waals surface area contributed by atoms with Gasteiger partial charge in [0.05, 0.1) is 32.2 Å². The molecule has 1 aromatic carbocycles. The lowest BCUT2D eigenvalue weighted by Gasteiger charge is -2.20. The Morgan fingerprint density at radius 3 is 2.67 bits per heavy atom. The molecule has 6 heteroatoms. The first-order valence-corrected chi connectivity index (χ1v) is 6.77. The molecule has 0 fully saturated rings. The van der Waals surface area contributed by atoms with E-state index in [1.54, 1.807) is 19.2 Å². The number of benzene rings is 1. The van der Waals surface area contributed by atoms with Gasteiger partial charge in [-0.1, -0.05) is 12.1 Å². The number of aliphatic hydroxyl groups is 1. The molecule has 0 aliphatic heterocycles. The van der Waals surface area contributed by atoms with Crippen LogP contribution in [0.15, 0.2) is 24.3 Å². The van der Waals surface area contributed by atoms with E-state index in [1.165, 1.54) is 0 Å². The SMILES string of the molecule is COCCN(CCO)CC(=O)Nc1ccc(CC#N)cc1. The summed E-state index contributed by atoms with van der Waals surface area (Å²) in [6, 6.07) is 9.25. The average Bonchev–Trinajstić information content (AvgIpc) is 2.47. The van der Waals surface area contributed by atoms with Gasteiger partial charge in [-0.25, -0.2) is 0 Å². The monoisotopic (exact) mass is 291 g/mol. The highest BCUT2D eigenvalue weighted by molar-refractivity contribution is 5.92. The molecule has 2 N–H and O–H groups in total. The highest BCUT2D eigenvalue weighted by Gasteiger charge is 2.10. The first-order valence-electron chi connectivity index (χ1n) is 6.77. The van der Waals surface area contributed by atoms with Crippen molar-refractivity contribution < 1.29 is 14.6 Å². The van der Waals surface area contributed by atoms with Crippen molar-refractivity contribution >= 4 is 11.6 Å². The van der Waals surface area contributed by atoms with Gasteiger partial charge in [-0.15, -0.1) is 0 Å². The minimum atomic E-state index is -0.146. The molecule has 0 unspecified atom stereocenters. The van der Waals surface area contributed by atoms with E-state index in [2.05, 4.69) is 11.4 Å². The molecule has 21 heavy (non-hydrogen) atoms. The molecule has 0 aliphatic carbocycles. The van der Waals surface area contributed by atoms with Gasteiger partial charge in [0.15, 0.2) is 0 Å². The summed E-state index contributed by atoms with van der Waals surface area (Å²) < 4.78 is 4.97. The van der Waals surface area contributed by atoms with Gasteiger partial charge in [0, 0.05) is 25.9 Å². The van der Waals surface area contributed by atoms with Gasteiger partial charge in [0.2, 0.25) is 5.91 Å². The summed E-state index contributed by atoms with van der Waals surface area (Å²) in [5, 5.41) is 20.4. The molecule has 0 bridgehead atoms. The molecule has 0 spiro atoms. The van der Waals surface area contributed by atoms with Crippen molar-refractivity contribution in [1.82, 2.24) is 4.90 Å². The Labute approximate surface area is 124 Å². The number of hydrogen-bond acceptors (Lipinski definition) is 5. The number of carbonyl (C=O) groups excluding carboxylic acids is 1. The van der Waals surface area contributed by atoms with Gasteiger partial charge in [0.1, 0.15) is 0 Å². The molecule has 6 nitrogen and oxygen atoms in total. The van der Waals surface area contributed by atoms with Crippen molar-refractivity contribution in [2.75, 3.05) is 45.3 Å². The highest BCUT2D eigenvalue weighted by atomic mass is 16.5. The molecule has 0 atom stereocenters. The van der Waals surface area contributed by atoms with Gasteiger partial charge >= 0.3 is 0 Å². The van der Waals surface area contributed by atoms with Crippen LogP contribution in [0.1, 0.15) is 5.56 Å². The Hall–Kier alpha value is -1.94. The number of rotatable bonds is 9. The van der Waals surface area contributed by atoms with Gasteiger partial charge in [-0.2, -0.15) is 5.26 Å². The average molecular weight is 291 g/mol. The van der Waals surface area contributed by atoms with E-state index in [0.29, 0.717) is 31.8 Å². The maximum absolute atomic E-state index is 11.9. The van der Waals surface area contributed by atoms with Gasteiger partial charge in [0.25, 0.3) is 0 Å². The molecule has 1 aromatic rings. The second kappa shape index (κ2) is 9.88. The number of carbonyl (C=O) groups is 1. The summed E-state index contributed by atoms with van der Waals surface area (Å²) in [6.07, 6.45) is 0.357. The fourth-order valence-corrected chi connectivity index (χ4v) is 1.83. The minimum absolute atomic E-state index is 0.000148. The number of nitriles is 1. The Kier molecular flexibility index (Phi) is 8.05. The smallest absolute Gasteiger partial charge is 0.238 e. The third kappa shape index (κ3) is 6.86. The van der Waals surface area contributed by atoms with Gasteiger partial charge in [-0.3, -0.25) is 9.69 Å². The van der Waals surface area contributed by atoms with E-state index < -0.39 is 0 Å². The molecule has 114 valence electrons. The number of nitrogens with one attached hydrogen (secondary N) is 1. The lowest BCUT2D eigenvalue weighted by Crippen LogP contribution is -2.37. The van der Waals surface area contributed by atoms with Crippen molar-refractivity contribution in [3.05, 3.63) is 29.8 Å².